The van der Waals surface area contributed by atoms with Crippen LogP contribution >= 0.6 is 0 Å². The molecule has 2 aromatic heterocycles. The number of rotatable bonds is 4. The third kappa shape index (κ3) is 3.47. The van der Waals surface area contributed by atoms with Crippen molar-refractivity contribution in [1.82, 2.24) is 15.2 Å². The van der Waals surface area contributed by atoms with Crippen LogP contribution < -0.4 is 10.5 Å². The summed E-state index contributed by atoms with van der Waals surface area (Å²) in [6, 6.07) is 10.7. The van der Waals surface area contributed by atoms with E-state index in [1.54, 1.807) is 30.6 Å². The molecule has 9 heteroatoms. The first-order valence-electron chi connectivity index (χ1n) is 6.83. The summed E-state index contributed by atoms with van der Waals surface area (Å²) in [7, 11) is -3.76. The van der Waals surface area contributed by atoms with Gasteiger partial charge >= 0.3 is 0 Å². The highest BCUT2D eigenvalue weighted by atomic mass is 32.2. The number of aromatic nitrogens is 3. The maximum atomic E-state index is 12.2. The molecule has 8 nitrogen and oxygen atoms in total. The molecule has 0 bridgehead atoms. The van der Waals surface area contributed by atoms with Crippen molar-refractivity contribution in [2.24, 2.45) is 5.14 Å². The number of nitrogens with one attached hydrogen (secondary N) is 2. The van der Waals surface area contributed by atoms with Gasteiger partial charge in [-0.1, -0.05) is 0 Å². The molecule has 0 spiro atoms. The molecule has 0 atom stereocenters. The average Bonchev–Trinajstić information content (AvgIpc) is 3.05. The highest BCUT2D eigenvalue weighted by Gasteiger charge is 2.12. The van der Waals surface area contributed by atoms with Crippen molar-refractivity contribution in [1.29, 1.82) is 0 Å². The van der Waals surface area contributed by atoms with E-state index in [2.05, 4.69) is 20.5 Å². The number of carbonyl (C=O) groups is 1. The average molecular weight is 343 g/mol. The number of aromatic amines is 1. The first kappa shape index (κ1) is 15.8. The number of hydrogen-bond acceptors (Lipinski definition) is 5. The quantitative estimate of drug-likeness (QED) is 0.658. The molecular formula is C15H13N5O3S. The van der Waals surface area contributed by atoms with Gasteiger partial charge in [0.05, 0.1) is 10.6 Å². The third-order valence-corrected chi connectivity index (χ3v) is 4.17. The van der Waals surface area contributed by atoms with Crippen molar-refractivity contribution < 1.29 is 13.2 Å². The van der Waals surface area contributed by atoms with Crippen molar-refractivity contribution in [3.63, 3.8) is 0 Å². The van der Waals surface area contributed by atoms with E-state index in [1.807, 2.05) is 0 Å². The maximum Gasteiger partial charge on any atom is 0.273 e. The number of amides is 1. The number of pyridine rings is 1. The van der Waals surface area contributed by atoms with Gasteiger partial charge in [-0.2, -0.15) is 5.10 Å². The van der Waals surface area contributed by atoms with Gasteiger partial charge in [-0.05, 0) is 42.5 Å². The lowest BCUT2D eigenvalue weighted by molar-refractivity contribution is 0.102. The minimum atomic E-state index is -3.76. The fourth-order valence-electron chi connectivity index (χ4n) is 2.03. The molecule has 3 aromatic rings. The van der Waals surface area contributed by atoms with Crippen LogP contribution in [-0.2, 0) is 10.0 Å². The zero-order chi connectivity index (χ0) is 17.2. The molecule has 0 aliphatic carbocycles. The van der Waals surface area contributed by atoms with Crippen molar-refractivity contribution in [2.45, 2.75) is 4.90 Å². The normalized spacial score (nSPS) is 11.2. The molecule has 3 rings (SSSR count). The fraction of sp³-hybridized carbons (Fsp3) is 0. The zero-order valence-corrected chi connectivity index (χ0v) is 13.1. The van der Waals surface area contributed by atoms with E-state index in [1.165, 1.54) is 24.3 Å². The van der Waals surface area contributed by atoms with E-state index < -0.39 is 15.9 Å². The first-order valence-corrected chi connectivity index (χ1v) is 8.38. The largest absolute Gasteiger partial charge is 0.321 e. The van der Waals surface area contributed by atoms with E-state index in [-0.39, 0.29) is 10.6 Å². The summed E-state index contributed by atoms with van der Waals surface area (Å²) in [5, 5.41) is 14.4. The van der Waals surface area contributed by atoms with Gasteiger partial charge in [0.15, 0.2) is 0 Å². The molecule has 1 amide bonds. The summed E-state index contributed by atoms with van der Waals surface area (Å²) in [6.45, 7) is 0. The van der Waals surface area contributed by atoms with E-state index in [0.29, 0.717) is 11.4 Å². The van der Waals surface area contributed by atoms with Crippen molar-refractivity contribution in [3.8, 4) is 11.3 Å². The first-order chi connectivity index (χ1) is 11.4. The second-order valence-corrected chi connectivity index (χ2v) is 6.49. The van der Waals surface area contributed by atoms with Gasteiger partial charge in [0.1, 0.15) is 5.69 Å². The van der Waals surface area contributed by atoms with Crippen LogP contribution in [-0.4, -0.2) is 29.5 Å². The minimum absolute atomic E-state index is 0.0259. The number of primary sulfonamides is 1. The van der Waals surface area contributed by atoms with Gasteiger partial charge in [0, 0.05) is 23.6 Å². The Bertz CT molecular complexity index is 966. The standard InChI is InChI=1S/C15H13N5O3S/c16-24(22,23)12-3-1-11(2-4-12)18-15(21)14-9-13(19-20-14)10-5-7-17-8-6-10/h1-9H,(H,18,21)(H,19,20)(H2,16,22,23). The summed E-state index contributed by atoms with van der Waals surface area (Å²) in [6.07, 6.45) is 3.27. The Labute approximate surface area is 137 Å². The van der Waals surface area contributed by atoms with Gasteiger partial charge in [-0.3, -0.25) is 14.9 Å². The van der Waals surface area contributed by atoms with Crippen LogP contribution in [0.3, 0.4) is 0 Å². The second kappa shape index (κ2) is 6.22. The molecule has 0 fully saturated rings. The highest BCUT2D eigenvalue weighted by Crippen LogP contribution is 2.18. The summed E-state index contributed by atoms with van der Waals surface area (Å²) in [4.78, 5) is 16.1. The van der Waals surface area contributed by atoms with E-state index >= 15 is 0 Å². The maximum absolute atomic E-state index is 12.2. The van der Waals surface area contributed by atoms with Crippen LogP contribution in [0.5, 0.6) is 0 Å². The Morgan fingerprint density at radius 3 is 2.38 bits per heavy atom. The number of sulfonamides is 1. The van der Waals surface area contributed by atoms with Crippen molar-refractivity contribution in [2.75, 3.05) is 5.32 Å². The summed E-state index contributed by atoms with van der Waals surface area (Å²) < 4.78 is 22.4. The summed E-state index contributed by atoms with van der Waals surface area (Å²) in [5.41, 5.74) is 2.16. The van der Waals surface area contributed by atoms with Crippen LogP contribution in [0, 0.1) is 0 Å². The minimum Gasteiger partial charge on any atom is -0.321 e. The molecule has 1 aromatic carbocycles. The van der Waals surface area contributed by atoms with Crippen molar-refractivity contribution >= 4 is 21.6 Å². The molecule has 0 saturated heterocycles. The van der Waals surface area contributed by atoms with Gasteiger partial charge < -0.3 is 5.32 Å². The SMILES string of the molecule is NS(=O)(=O)c1ccc(NC(=O)c2cc(-c3ccncc3)n[nH]2)cc1. The molecule has 0 aliphatic heterocycles. The van der Waals surface area contributed by atoms with E-state index in [0.717, 1.165) is 5.56 Å². The van der Waals surface area contributed by atoms with E-state index in [4.69, 9.17) is 5.14 Å². The van der Waals surface area contributed by atoms with Gasteiger partial charge in [0.2, 0.25) is 10.0 Å². The predicted molar refractivity (Wildman–Crippen MR) is 87.6 cm³/mol. The summed E-state index contributed by atoms with van der Waals surface area (Å²) in [5.74, 6) is -0.397. The molecule has 0 unspecified atom stereocenters. The predicted octanol–water partition coefficient (Wildman–Crippen LogP) is 1.37. The topological polar surface area (TPSA) is 131 Å². The molecule has 4 N–H and O–H groups in total. The lowest BCUT2D eigenvalue weighted by Gasteiger charge is -2.04. The Balaban J connectivity index is 1.75. The fourth-order valence-corrected chi connectivity index (χ4v) is 2.55. The molecule has 122 valence electrons. The Hall–Kier alpha value is -3.04. The van der Waals surface area contributed by atoms with Crippen LogP contribution in [0.1, 0.15) is 10.5 Å². The van der Waals surface area contributed by atoms with Gasteiger partial charge in [-0.25, -0.2) is 13.6 Å². The van der Waals surface area contributed by atoms with Crippen molar-refractivity contribution in [3.05, 3.63) is 60.6 Å². The van der Waals surface area contributed by atoms with Crippen LogP contribution in [0.15, 0.2) is 59.8 Å². The van der Waals surface area contributed by atoms with Gasteiger partial charge in [0.25, 0.3) is 5.91 Å². The highest BCUT2D eigenvalue weighted by molar-refractivity contribution is 7.89. The molecule has 0 radical (unpaired) electrons. The number of hydrogen-bond donors (Lipinski definition) is 3. The second-order valence-electron chi connectivity index (χ2n) is 4.93. The van der Waals surface area contributed by atoms with Crippen LogP contribution in [0.25, 0.3) is 11.3 Å². The number of H-pyrrole nitrogens is 1. The van der Waals surface area contributed by atoms with E-state index in [9.17, 15) is 13.2 Å². The lowest BCUT2D eigenvalue weighted by Crippen LogP contribution is -2.14. The lowest BCUT2D eigenvalue weighted by atomic mass is 10.2. The Morgan fingerprint density at radius 1 is 1.08 bits per heavy atom. The smallest absolute Gasteiger partial charge is 0.273 e. The number of anilines is 1. The van der Waals surface area contributed by atoms with Crippen LogP contribution in [0.2, 0.25) is 0 Å². The number of nitrogens with zero attached hydrogens (tertiary/aromatic N) is 2. The summed E-state index contributed by atoms with van der Waals surface area (Å²) >= 11 is 0. The molecule has 0 aliphatic rings. The number of nitrogens with two attached hydrogens (primary N) is 1. The third-order valence-electron chi connectivity index (χ3n) is 3.24. The molecule has 24 heavy (non-hydrogen) atoms. The number of benzene rings is 1. The van der Waals surface area contributed by atoms with Crippen LogP contribution in [0.4, 0.5) is 5.69 Å². The Morgan fingerprint density at radius 2 is 1.75 bits per heavy atom. The monoisotopic (exact) mass is 343 g/mol. The molecule has 2 heterocycles. The van der Waals surface area contributed by atoms with Gasteiger partial charge in [-0.15, -0.1) is 0 Å². The molecular weight excluding hydrogens is 330 g/mol. The number of carbonyl (C=O) groups excluding carboxylic acids is 1. The Kier molecular flexibility index (Phi) is 4.11. The zero-order valence-electron chi connectivity index (χ0n) is 12.3. The molecule has 0 saturated carbocycles.